The Bertz CT molecular complexity index is 752. The van der Waals surface area contributed by atoms with Gasteiger partial charge in [0.25, 0.3) is 10.0 Å². The summed E-state index contributed by atoms with van der Waals surface area (Å²) in [5.74, 6) is 0.175. The average Bonchev–Trinajstić information content (AvgIpc) is 2.40. The number of urea groups is 1. The molecule has 1 heterocycles. The number of hydrogen-bond donors (Lipinski definition) is 1. The van der Waals surface area contributed by atoms with Crippen molar-refractivity contribution >= 4 is 21.7 Å². The van der Waals surface area contributed by atoms with Crippen molar-refractivity contribution in [3.8, 4) is 0 Å². The first-order valence-corrected chi connectivity index (χ1v) is 9.87. The van der Waals surface area contributed by atoms with Crippen LogP contribution in [0.15, 0.2) is 29.2 Å². The van der Waals surface area contributed by atoms with Gasteiger partial charge in [0.2, 0.25) is 0 Å². The predicted molar refractivity (Wildman–Crippen MR) is 94.3 cm³/mol. The molecule has 1 saturated carbocycles. The van der Waals surface area contributed by atoms with E-state index in [1.165, 1.54) is 0 Å². The first-order chi connectivity index (χ1) is 11.0. The van der Waals surface area contributed by atoms with Gasteiger partial charge < -0.3 is 5.32 Å². The van der Waals surface area contributed by atoms with Gasteiger partial charge in [0.1, 0.15) is 4.90 Å². The molecule has 0 bridgehead atoms. The van der Waals surface area contributed by atoms with Crippen LogP contribution in [0, 0.1) is 16.7 Å². The van der Waals surface area contributed by atoms with Gasteiger partial charge in [0.05, 0.1) is 5.69 Å². The molecule has 0 spiro atoms. The molecule has 1 aliphatic heterocycles. The molecule has 1 aliphatic carbocycles. The lowest BCUT2D eigenvalue weighted by Gasteiger charge is -2.46. The van der Waals surface area contributed by atoms with Gasteiger partial charge in [0.15, 0.2) is 0 Å². The van der Waals surface area contributed by atoms with E-state index in [1.807, 2.05) is 0 Å². The lowest BCUT2D eigenvalue weighted by Crippen LogP contribution is -2.48. The zero-order valence-electron chi connectivity index (χ0n) is 14.8. The van der Waals surface area contributed by atoms with Gasteiger partial charge in [-0.1, -0.05) is 39.8 Å². The fraction of sp³-hybridized carbons (Fsp3) is 0.611. The first kappa shape index (κ1) is 17.3. The van der Waals surface area contributed by atoms with Crippen molar-refractivity contribution in [2.75, 3.05) is 11.9 Å². The molecule has 0 unspecified atom stereocenters. The van der Waals surface area contributed by atoms with Crippen LogP contribution < -0.4 is 5.32 Å². The van der Waals surface area contributed by atoms with Gasteiger partial charge in [-0.2, -0.15) is 0 Å². The highest BCUT2D eigenvalue weighted by molar-refractivity contribution is 7.90. The average molecular weight is 350 g/mol. The fourth-order valence-electron chi connectivity index (χ4n) is 4.82. The molecule has 1 fully saturated rings. The van der Waals surface area contributed by atoms with Crippen molar-refractivity contribution in [3.63, 3.8) is 0 Å². The third-order valence-electron chi connectivity index (χ3n) is 4.99. The van der Waals surface area contributed by atoms with Crippen LogP contribution >= 0.6 is 0 Å². The number of sulfonamides is 1. The van der Waals surface area contributed by atoms with Crippen LogP contribution in [0.2, 0.25) is 0 Å². The molecule has 3 rings (SSSR count). The Hall–Kier alpha value is -1.56. The Morgan fingerprint density at radius 3 is 2.33 bits per heavy atom. The molecule has 0 atom stereocenters. The topological polar surface area (TPSA) is 66.5 Å². The highest BCUT2D eigenvalue weighted by Gasteiger charge is 2.43. The summed E-state index contributed by atoms with van der Waals surface area (Å²) < 4.78 is 26.8. The Morgan fingerprint density at radius 1 is 1.12 bits per heavy atom. The number of fused-ring (bicyclic) bond motifs is 1. The Kier molecular flexibility index (Phi) is 3.94. The maximum absolute atomic E-state index is 12.9. The van der Waals surface area contributed by atoms with Crippen LogP contribution in [-0.2, 0) is 10.0 Å². The summed E-state index contributed by atoms with van der Waals surface area (Å²) in [6.07, 6.45) is 2.97. The second kappa shape index (κ2) is 5.48. The number of benzene rings is 1. The maximum atomic E-state index is 12.9. The van der Waals surface area contributed by atoms with Crippen molar-refractivity contribution in [1.82, 2.24) is 4.31 Å². The van der Waals surface area contributed by atoms with Crippen LogP contribution in [-0.4, -0.2) is 25.3 Å². The standard InChI is InChI=1S/C18H26N2O3S/c1-17(2)9-13(10-18(3,4)12-17)11-20-16(21)19-14-7-5-6-8-15(14)24(20,22)23/h5-8,13H,9-12H2,1-4H3,(H,19,21). The SMILES string of the molecule is CC1(C)CC(CN2C(=O)Nc3ccccc3S2(=O)=O)CC(C)(C)C1. The minimum Gasteiger partial charge on any atom is -0.306 e. The molecule has 0 saturated heterocycles. The number of nitrogens with zero attached hydrogens (tertiary/aromatic N) is 1. The smallest absolute Gasteiger partial charge is 0.306 e. The highest BCUT2D eigenvalue weighted by Crippen LogP contribution is 2.48. The number of hydrogen-bond acceptors (Lipinski definition) is 3. The zero-order chi connectivity index (χ0) is 17.8. The van der Waals surface area contributed by atoms with Crippen LogP contribution in [0.3, 0.4) is 0 Å². The van der Waals surface area contributed by atoms with E-state index in [9.17, 15) is 13.2 Å². The summed E-state index contributed by atoms with van der Waals surface area (Å²) in [6.45, 7) is 9.14. The van der Waals surface area contributed by atoms with Crippen LogP contribution in [0.1, 0.15) is 47.0 Å². The highest BCUT2D eigenvalue weighted by atomic mass is 32.2. The summed E-state index contributed by atoms with van der Waals surface area (Å²) in [4.78, 5) is 12.6. The molecule has 24 heavy (non-hydrogen) atoms. The lowest BCUT2D eigenvalue weighted by atomic mass is 9.61. The molecule has 6 heteroatoms. The number of carbonyl (C=O) groups excluding carboxylic acids is 1. The minimum absolute atomic E-state index is 0.153. The Balaban J connectivity index is 1.89. The molecule has 132 valence electrons. The number of carbonyl (C=O) groups is 1. The molecule has 5 nitrogen and oxygen atoms in total. The maximum Gasteiger partial charge on any atom is 0.335 e. The monoisotopic (exact) mass is 350 g/mol. The summed E-state index contributed by atoms with van der Waals surface area (Å²) in [7, 11) is -3.78. The van der Waals surface area contributed by atoms with E-state index in [0.717, 1.165) is 23.6 Å². The van der Waals surface area contributed by atoms with Gasteiger partial charge in [-0.3, -0.25) is 0 Å². The van der Waals surface area contributed by atoms with E-state index >= 15 is 0 Å². The van der Waals surface area contributed by atoms with Crippen molar-refractivity contribution in [2.24, 2.45) is 16.7 Å². The normalized spacial score (nSPS) is 25.0. The molecule has 0 aromatic heterocycles. The van der Waals surface area contributed by atoms with Crippen LogP contribution in [0.25, 0.3) is 0 Å². The Morgan fingerprint density at radius 2 is 1.71 bits per heavy atom. The quantitative estimate of drug-likeness (QED) is 0.874. The largest absolute Gasteiger partial charge is 0.335 e. The van der Waals surface area contributed by atoms with Crippen molar-refractivity contribution in [2.45, 2.75) is 51.9 Å². The molecular weight excluding hydrogens is 324 g/mol. The molecule has 2 amide bonds. The summed E-state index contributed by atoms with van der Waals surface area (Å²) >= 11 is 0. The number of anilines is 1. The van der Waals surface area contributed by atoms with Crippen LogP contribution in [0.5, 0.6) is 0 Å². The van der Waals surface area contributed by atoms with Crippen molar-refractivity contribution in [3.05, 3.63) is 24.3 Å². The van der Waals surface area contributed by atoms with Gasteiger partial charge in [-0.25, -0.2) is 17.5 Å². The molecule has 1 aromatic carbocycles. The van der Waals surface area contributed by atoms with Crippen molar-refractivity contribution in [1.29, 1.82) is 0 Å². The predicted octanol–water partition coefficient (Wildman–Crippen LogP) is 4.08. The van der Waals surface area contributed by atoms with Crippen molar-refractivity contribution < 1.29 is 13.2 Å². The molecular formula is C18H26N2O3S. The van der Waals surface area contributed by atoms with E-state index in [1.54, 1.807) is 24.3 Å². The Labute approximate surface area is 144 Å². The van der Waals surface area contributed by atoms with E-state index < -0.39 is 16.1 Å². The number of nitrogens with one attached hydrogen (secondary N) is 1. The molecule has 0 radical (unpaired) electrons. The van der Waals surface area contributed by atoms with Crippen LogP contribution in [0.4, 0.5) is 10.5 Å². The lowest BCUT2D eigenvalue weighted by molar-refractivity contribution is 0.0617. The number of amides is 2. The first-order valence-electron chi connectivity index (χ1n) is 8.43. The minimum atomic E-state index is -3.78. The van der Waals surface area contributed by atoms with Gasteiger partial charge >= 0.3 is 6.03 Å². The number of para-hydroxylation sites is 1. The van der Waals surface area contributed by atoms with E-state index in [0.29, 0.717) is 5.69 Å². The van der Waals surface area contributed by atoms with Gasteiger partial charge in [-0.15, -0.1) is 0 Å². The summed E-state index contributed by atoms with van der Waals surface area (Å²) in [5, 5.41) is 2.70. The number of rotatable bonds is 2. The molecule has 2 aliphatic rings. The second-order valence-electron chi connectivity index (χ2n) is 8.74. The third kappa shape index (κ3) is 3.16. The third-order valence-corrected chi connectivity index (χ3v) is 6.79. The molecule has 1 N–H and O–H groups in total. The van der Waals surface area contributed by atoms with Gasteiger partial charge in [0, 0.05) is 6.54 Å². The van der Waals surface area contributed by atoms with E-state index in [4.69, 9.17) is 0 Å². The summed E-state index contributed by atoms with van der Waals surface area (Å²) in [5.41, 5.74) is 0.670. The second-order valence-corrected chi connectivity index (χ2v) is 10.6. The fourth-order valence-corrected chi connectivity index (χ4v) is 6.38. The van der Waals surface area contributed by atoms with Gasteiger partial charge in [-0.05, 0) is 48.1 Å². The van der Waals surface area contributed by atoms with E-state index in [-0.39, 0.29) is 28.2 Å². The zero-order valence-corrected chi connectivity index (χ0v) is 15.6. The summed E-state index contributed by atoms with van der Waals surface area (Å²) in [6, 6.07) is 6.02. The molecule has 1 aromatic rings. The van der Waals surface area contributed by atoms with E-state index in [2.05, 4.69) is 33.0 Å².